The van der Waals surface area contributed by atoms with Crippen LogP contribution in [0.3, 0.4) is 0 Å². The summed E-state index contributed by atoms with van der Waals surface area (Å²) in [6, 6.07) is 6.64. The van der Waals surface area contributed by atoms with E-state index in [0.717, 1.165) is 32.1 Å². The summed E-state index contributed by atoms with van der Waals surface area (Å²) >= 11 is 0. The fourth-order valence-corrected chi connectivity index (χ4v) is 5.88. The average molecular weight is 489 g/mol. The molecule has 0 N–H and O–H groups in total. The van der Waals surface area contributed by atoms with Gasteiger partial charge in [-0.3, -0.25) is 0 Å². The minimum atomic E-state index is -0.955. The first kappa shape index (κ1) is 25.8. The first-order valence-electron chi connectivity index (χ1n) is 13.1. The monoisotopic (exact) mass is 488 g/mol. The molecule has 0 saturated heterocycles. The normalized spacial score (nSPS) is 24.8. The lowest BCUT2D eigenvalue weighted by Gasteiger charge is -2.31. The Morgan fingerprint density at radius 1 is 0.714 bits per heavy atom. The summed E-state index contributed by atoms with van der Waals surface area (Å²) in [5, 5.41) is 0. The summed E-state index contributed by atoms with van der Waals surface area (Å²) in [7, 11) is 0. The van der Waals surface area contributed by atoms with Gasteiger partial charge in [-0.1, -0.05) is 44.0 Å². The SMILES string of the molecule is C=CCCCOc1ccc(C2CCC(c3ccc(C4CCC(C)CC4)c(F)c3F)CC2)c(F)c1F. The van der Waals surface area contributed by atoms with Crippen molar-refractivity contribution in [2.45, 2.75) is 88.9 Å². The molecule has 2 aromatic rings. The van der Waals surface area contributed by atoms with Gasteiger partial charge < -0.3 is 4.74 Å². The van der Waals surface area contributed by atoms with Gasteiger partial charge in [0.25, 0.3) is 0 Å². The largest absolute Gasteiger partial charge is 0.490 e. The fourth-order valence-electron chi connectivity index (χ4n) is 5.88. The van der Waals surface area contributed by atoms with Crippen LogP contribution in [0, 0.1) is 29.2 Å². The van der Waals surface area contributed by atoms with Crippen LogP contribution >= 0.6 is 0 Å². The van der Waals surface area contributed by atoms with Gasteiger partial charge in [0.2, 0.25) is 5.82 Å². The standard InChI is InChI=1S/C30H36F4O/c1-3-4-5-18-35-26-17-16-25(29(33)30(26)34)22-12-10-21(11-13-22)24-15-14-23(27(31)28(24)32)20-8-6-19(2)7-9-20/h3,14-17,19-22H,1,4-13,18H2,2H3. The second-order valence-electron chi connectivity index (χ2n) is 10.4. The fraction of sp³-hybridized carbons (Fsp3) is 0.533. The number of benzene rings is 2. The van der Waals surface area contributed by atoms with E-state index < -0.39 is 23.3 Å². The summed E-state index contributed by atoms with van der Waals surface area (Å²) in [4.78, 5) is 0. The van der Waals surface area contributed by atoms with Crippen molar-refractivity contribution in [3.63, 3.8) is 0 Å². The van der Waals surface area contributed by atoms with Gasteiger partial charge in [0.05, 0.1) is 6.61 Å². The Hall–Kier alpha value is -2.30. The predicted octanol–water partition coefficient (Wildman–Crippen LogP) is 9.32. The summed E-state index contributed by atoms with van der Waals surface area (Å²) in [6.45, 7) is 6.14. The molecule has 0 unspecified atom stereocenters. The highest BCUT2D eigenvalue weighted by Gasteiger charge is 2.31. The summed E-state index contributed by atoms with van der Waals surface area (Å²) in [5.74, 6) is -2.82. The zero-order valence-corrected chi connectivity index (χ0v) is 20.6. The molecule has 0 heterocycles. The van der Waals surface area contributed by atoms with Gasteiger partial charge in [-0.2, -0.15) is 4.39 Å². The Morgan fingerprint density at radius 2 is 1.14 bits per heavy atom. The van der Waals surface area contributed by atoms with Crippen LogP contribution in [0.2, 0.25) is 0 Å². The molecule has 2 fully saturated rings. The Bertz CT molecular complexity index is 1020. The van der Waals surface area contributed by atoms with Crippen LogP contribution in [0.15, 0.2) is 36.9 Å². The van der Waals surface area contributed by atoms with E-state index in [0.29, 0.717) is 61.3 Å². The van der Waals surface area contributed by atoms with Crippen LogP contribution in [-0.4, -0.2) is 6.61 Å². The van der Waals surface area contributed by atoms with Gasteiger partial charge in [-0.05, 0) is 97.8 Å². The number of hydrogen-bond acceptors (Lipinski definition) is 1. The van der Waals surface area contributed by atoms with Crippen molar-refractivity contribution in [3.8, 4) is 5.75 Å². The van der Waals surface area contributed by atoms with Crippen molar-refractivity contribution in [2.24, 2.45) is 5.92 Å². The Balaban J connectivity index is 1.40. The molecule has 0 aliphatic heterocycles. The van der Waals surface area contributed by atoms with E-state index in [2.05, 4.69) is 13.5 Å². The quantitative estimate of drug-likeness (QED) is 0.204. The summed E-state index contributed by atoms with van der Waals surface area (Å²) < 4.78 is 64.9. The molecular weight excluding hydrogens is 452 g/mol. The average Bonchev–Trinajstić information content (AvgIpc) is 2.87. The molecule has 190 valence electrons. The second kappa shape index (κ2) is 11.6. The smallest absolute Gasteiger partial charge is 0.200 e. The van der Waals surface area contributed by atoms with Crippen LogP contribution in [0.1, 0.15) is 106 Å². The third-order valence-electron chi connectivity index (χ3n) is 8.09. The summed E-state index contributed by atoms with van der Waals surface area (Å²) in [5.41, 5.74) is 1.27. The van der Waals surface area contributed by atoms with E-state index in [4.69, 9.17) is 4.74 Å². The van der Waals surface area contributed by atoms with Crippen LogP contribution in [0.4, 0.5) is 17.6 Å². The van der Waals surface area contributed by atoms with Crippen molar-refractivity contribution in [3.05, 3.63) is 76.9 Å². The molecule has 0 aromatic heterocycles. The highest BCUT2D eigenvalue weighted by Crippen LogP contribution is 2.44. The van der Waals surface area contributed by atoms with Crippen molar-refractivity contribution in [1.82, 2.24) is 0 Å². The van der Waals surface area contributed by atoms with Gasteiger partial charge in [0, 0.05) is 0 Å². The minimum Gasteiger partial charge on any atom is -0.490 e. The van der Waals surface area contributed by atoms with Crippen molar-refractivity contribution in [1.29, 1.82) is 0 Å². The lowest BCUT2D eigenvalue weighted by atomic mass is 9.75. The van der Waals surface area contributed by atoms with Gasteiger partial charge in [0.1, 0.15) is 0 Å². The maximum atomic E-state index is 15.1. The van der Waals surface area contributed by atoms with Crippen molar-refractivity contribution >= 4 is 0 Å². The first-order chi connectivity index (χ1) is 16.9. The topological polar surface area (TPSA) is 9.23 Å². The molecule has 0 amide bonds. The number of hydrogen-bond donors (Lipinski definition) is 0. The van der Waals surface area contributed by atoms with E-state index in [9.17, 15) is 8.78 Å². The van der Waals surface area contributed by atoms with Crippen molar-refractivity contribution < 1.29 is 22.3 Å². The van der Waals surface area contributed by atoms with Gasteiger partial charge >= 0.3 is 0 Å². The molecule has 5 heteroatoms. The van der Waals surface area contributed by atoms with Crippen LogP contribution in [-0.2, 0) is 0 Å². The number of allylic oxidation sites excluding steroid dienone is 1. The highest BCUT2D eigenvalue weighted by molar-refractivity contribution is 5.35. The molecule has 0 atom stereocenters. The maximum Gasteiger partial charge on any atom is 0.200 e. The molecule has 0 bridgehead atoms. The minimum absolute atomic E-state index is 0.0749. The third kappa shape index (κ3) is 5.76. The Labute approximate surface area is 206 Å². The lowest BCUT2D eigenvalue weighted by molar-refractivity contribution is 0.288. The zero-order valence-electron chi connectivity index (χ0n) is 20.6. The van der Waals surface area contributed by atoms with Gasteiger partial charge in [-0.25, -0.2) is 13.2 Å². The molecule has 35 heavy (non-hydrogen) atoms. The molecule has 0 spiro atoms. The molecule has 2 aliphatic carbocycles. The van der Waals surface area contributed by atoms with Crippen molar-refractivity contribution in [2.75, 3.05) is 6.61 Å². The van der Waals surface area contributed by atoms with E-state index in [1.807, 2.05) is 0 Å². The number of rotatable bonds is 8. The number of ether oxygens (including phenoxy) is 1. The molecule has 2 aliphatic rings. The van der Waals surface area contributed by atoms with Crippen LogP contribution < -0.4 is 4.74 Å². The first-order valence-corrected chi connectivity index (χ1v) is 13.1. The highest BCUT2D eigenvalue weighted by atomic mass is 19.2. The Morgan fingerprint density at radius 3 is 1.63 bits per heavy atom. The molecule has 4 rings (SSSR count). The third-order valence-corrected chi connectivity index (χ3v) is 8.09. The zero-order chi connectivity index (χ0) is 24.9. The molecule has 1 nitrogen and oxygen atoms in total. The predicted molar refractivity (Wildman–Crippen MR) is 132 cm³/mol. The molecule has 2 saturated carbocycles. The van der Waals surface area contributed by atoms with E-state index in [1.54, 1.807) is 24.3 Å². The summed E-state index contributed by atoms with van der Waals surface area (Å²) in [6.07, 6.45) is 9.54. The maximum absolute atomic E-state index is 15.1. The van der Waals surface area contributed by atoms with Crippen LogP contribution in [0.5, 0.6) is 5.75 Å². The van der Waals surface area contributed by atoms with Gasteiger partial charge in [-0.15, -0.1) is 6.58 Å². The molecule has 2 aromatic carbocycles. The van der Waals surface area contributed by atoms with E-state index in [-0.39, 0.29) is 23.5 Å². The number of unbranched alkanes of at least 4 members (excludes halogenated alkanes) is 1. The lowest BCUT2D eigenvalue weighted by Crippen LogP contribution is -2.17. The molecular formula is C30H36F4O. The second-order valence-corrected chi connectivity index (χ2v) is 10.4. The van der Waals surface area contributed by atoms with Gasteiger partial charge in [0.15, 0.2) is 23.2 Å². The Kier molecular flexibility index (Phi) is 8.56. The van der Waals surface area contributed by atoms with Crippen LogP contribution in [0.25, 0.3) is 0 Å². The number of halogens is 4. The van der Waals surface area contributed by atoms with E-state index in [1.165, 1.54) is 6.07 Å². The molecule has 0 radical (unpaired) electrons. The van der Waals surface area contributed by atoms with E-state index >= 15 is 8.78 Å².